The van der Waals surface area contributed by atoms with Crippen LogP contribution >= 0.6 is 12.2 Å². The van der Waals surface area contributed by atoms with Crippen LogP contribution in [0.2, 0.25) is 0 Å². The second-order valence-corrected chi connectivity index (χ2v) is 6.25. The van der Waals surface area contributed by atoms with Gasteiger partial charge in [0.05, 0.1) is 0 Å². The number of thiocarbonyl (C=S) groups is 1. The van der Waals surface area contributed by atoms with E-state index in [4.69, 9.17) is 17.0 Å². The van der Waals surface area contributed by atoms with Gasteiger partial charge in [0.25, 0.3) is 0 Å². The van der Waals surface area contributed by atoms with Crippen LogP contribution in [0.15, 0.2) is 12.3 Å². The molecule has 2 fully saturated rings. The van der Waals surface area contributed by atoms with E-state index in [9.17, 15) is 10.2 Å². The maximum atomic E-state index is 10.3. The van der Waals surface area contributed by atoms with Crippen molar-refractivity contribution in [3.8, 4) is 0 Å². The lowest BCUT2D eigenvalue weighted by Gasteiger charge is -2.40. The standard InChI is InChI=1S/C15H26N2O3S/c1-3-4-7-11-13(18)14(19)12(10(2)20-11)16-15(21)17-8-5-6-9-17/h11-14,18-19H,2-9H2,1H3,(H,16,21). The lowest BCUT2D eigenvalue weighted by Crippen LogP contribution is -2.59. The Morgan fingerprint density at radius 1 is 1.38 bits per heavy atom. The van der Waals surface area contributed by atoms with Gasteiger partial charge in [0.2, 0.25) is 0 Å². The predicted octanol–water partition coefficient (Wildman–Crippen LogP) is 1.15. The van der Waals surface area contributed by atoms with Gasteiger partial charge >= 0.3 is 0 Å². The van der Waals surface area contributed by atoms with Gasteiger partial charge < -0.3 is 25.2 Å². The molecule has 0 bridgehead atoms. The lowest BCUT2D eigenvalue weighted by molar-refractivity contribution is -0.120. The van der Waals surface area contributed by atoms with Gasteiger partial charge in [0.15, 0.2) is 5.11 Å². The Balaban J connectivity index is 1.94. The maximum Gasteiger partial charge on any atom is 0.169 e. The van der Waals surface area contributed by atoms with Crippen LogP contribution in [-0.2, 0) is 4.74 Å². The maximum absolute atomic E-state index is 10.3. The number of aliphatic hydroxyl groups is 2. The molecule has 5 nitrogen and oxygen atoms in total. The molecule has 0 aromatic rings. The summed E-state index contributed by atoms with van der Waals surface area (Å²) in [6.45, 7) is 7.84. The first-order chi connectivity index (χ1) is 10.0. The van der Waals surface area contributed by atoms with Gasteiger partial charge in [-0.2, -0.15) is 0 Å². The third-order valence-electron chi connectivity index (χ3n) is 4.24. The van der Waals surface area contributed by atoms with Crippen molar-refractivity contribution in [1.29, 1.82) is 0 Å². The topological polar surface area (TPSA) is 65.0 Å². The lowest BCUT2D eigenvalue weighted by atomic mass is 9.93. The molecule has 0 aromatic carbocycles. The third-order valence-corrected chi connectivity index (χ3v) is 4.61. The summed E-state index contributed by atoms with van der Waals surface area (Å²) in [6, 6.07) is -0.550. The van der Waals surface area contributed by atoms with Crippen LogP contribution in [0.4, 0.5) is 0 Å². The van der Waals surface area contributed by atoms with Crippen molar-refractivity contribution in [3.05, 3.63) is 12.3 Å². The van der Waals surface area contributed by atoms with Crippen molar-refractivity contribution in [2.45, 2.75) is 63.4 Å². The Hall–Kier alpha value is -0.850. The quantitative estimate of drug-likeness (QED) is 0.677. The monoisotopic (exact) mass is 314 g/mol. The molecular weight excluding hydrogens is 288 g/mol. The largest absolute Gasteiger partial charge is 0.490 e. The normalized spacial score (nSPS) is 32.9. The summed E-state index contributed by atoms with van der Waals surface area (Å²) in [5.41, 5.74) is 0. The Bertz CT molecular complexity index is 385. The van der Waals surface area contributed by atoms with Crippen molar-refractivity contribution in [2.75, 3.05) is 13.1 Å². The average Bonchev–Trinajstić information content (AvgIpc) is 3.00. The second kappa shape index (κ2) is 7.42. The molecule has 6 heteroatoms. The zero-order valence-electron chi connectivity index (χ0n) is 12.6. The SMILES string of the molecule is C=C1OC(CCCC)C(O)C(O)C1NC(=S)N1CCCC1. The van der Waals surface area contributed by atoms with E-state index in [1.165, 1.54) is 0 Å². The molecule has 0 aliphatic carbocycles. The fourth-order valence-electron chi connectivity index (χ4n) is 2.89. The highest BCUT2D eigenvalue weighted by Crippen LogP contribution is 2.26. The zero-order chi connectivity index (χ0) is 15.4. The fourth-order valence-corrected chi connectivity index (χ4v) is 3.20. The van der Waals surface area contributed by atoms with Crippen molar-refractivity contribution in [1.82, 2.24) is 10.2 Å². The van der Waals surface area contributed by atoms with Gasteiger partial charge in [-0.3, -0.25) is 0 Å². The molecule has 0 amide bonds. The predicted molar refractivity (Wildman–Crippen MR) is 85.9 cm³/mol. The van der Waals surface area contributed by atoms with Crippen LogP contribution in [0.1, 0.15) is 39.0 Å². The Morgan fingerprint density at radius 2 is 2.05 bits per heavy atom. The minimum absolute atomic E-state index is 0.383. The summed E-state index contributed by atoms with van der Waals surface area (Å²) in [7, 11) is 0. The molecule has 2 rings (SSSR count). The van der Waals surface area contributed by atoms with Crippen LogP contribution < -0.4 is 5.32 Å². The van der Waals surface area contributed by atoms with E-state index < -0.39 is 18.2 Å². The molecule has 4 atom stereocenters. The van der Waals surface area contributed by atoms with Gasteiger partial charge in [-0.15, -0.1) is 0 Å². The van der Waals surface area contributed by atoms with Gasteiger partial charge in [-0.05, 0) is 37.9 Å². The average molecular weight is 314 g/mol. The molecule has 4 unspecified atom stereocenters. The van der Waals surface area contributed by atoms with Gasteiger partial charge in [-0.1, -0.05) is 19.9 Å². The first kappa shape index (κ1) is 16.5. The summed E-state index contributed by atoms with van der Waals surface area (Å²) in [4.78, 5) is 2.07. The Kier molecular flexibility index (Phi) is 5.84. The van der Waals surface area contributed by atoms with Crippen LogP contribution in [0, 0.1) is 0 Å². The number of rotatable bonds is 4. The number of ether oxygens (including phenoxy) is 1. The minimum atomic E-state index is -0.950. The number of hydrogen-bond donors (Lipinski definition) is 3. The number of likely N-dealkylation sites (tertiary alicyclic amines) is 1. The molecular formula is C15H26N2O3S. The van der Waals surface area contributed by atoms with Gasteiger partial charge in [0.1, 0.15) is 30.1 Å². The highest BCUT2D eigenvalue weighted by atomic mass is 32.1. The molecule has 2 heterocycles. The molecule has 3 N–H and O–H groups in total. The zero-order valence-corrected chi connectivity index (χ0v) is 13.4. The van der Waals surface area contributed by atoms with Crippen LogP contribution in [0.5, 0.6) is 0 Å². The summed E-state index contributed by atoms with van der Waals surface area (Å²) < 4.78 is 5.70. The van der Waals surface area contributed by atoms with E-state index in [-0.39, 0.29) is 6.10 Å². The fraction of sp³-hybridized carbons (Fsp3) is 0.800. The molecule has 0 aromatic heterocycles. The summed E-state index contributed by atoms with van der Waals surface area (Å²) in [5, 5.41) is 24.2. The van der Waals surface area contributed by atoms with Crippen molar-refractivity contribution in [2.24, 2.45) is 0 Å². The van der Waals surface area contributed by atoms with Gasteiger partial charge in [0, 0.05) is 13.1 Å². The van der Waals surface area contributed by atoms with E-state index in [1.54, 1.807) is 0 Å². The van der Waals surface area contributed by atoms with Crippen LogP contribution in [0.3, 0.4) is 0 Å². The number of unbranched alkanes of at least 4 members (excludes halogenated alkanes) is 1. The minimum Gasteiger partial charge on any atom is -0.490 e. The van der Waals surface area contributed by atoms with Gasteiger partial charge in [-0.25, -0.2) is 0 Å². The second-order valence-electron chi connectivity index (χ2n) is 5.87. The number of nitrogens with one attached hydrogen (secondary N) is 1. The number of nitrogens with zero attached hydrogens (tertiary/aromatic N) is 1. The Labute approximate surface area is 132 Å². The molecule has 0 saturated carbocycles. The smallest absolute Gasteiger partial charge is 0.169 e. The Morgan fingerprint density at radius 3 is 2.67 bits per heavy atom. The van der Waals surface area contributed by atoms with E-state index in [2.05, 4.69) is 23.7 Å². The molecule has 0 radical (unpaired) electrons. The van der Waals surface area contributed by atoms with Crippen molar-refractivity contribution >= 4 is 17.3 Å². The molecule has 2 saturated heterocycles. The molecule has 120 valence electrons. The first-order valence-electron chi connectivity index (χ1n) is 7.81. The molecule has 2 aliphatic heterocycles. The van der Waals surface area contributed by atoms with Crippen molar-refractivity contribution < 1.29 is 14.9 Å². The van der Waals surface area contributed by atoms with Crippen molar-refractivity contribution in [3.63, 3.8) is 0 Å². The van der Waals surface area contributed by atoms with E-state index in [0.717, 1.165) is 45.2 Å². The van der Waals surface area contributed by atoms with E-state index >= 15 is 0 Å². The van der Waals surface area contributed by atoms with Crippen LogP contribution in [0.25, 0.3) is 0 Å². The van der Waals surface area contributed by atoms with E-state index in [1.807, 2.05) is 0 Å². The first-order valence-corrected chi connectivity index (χ1v) is 8.22. The number of aliphatic hydroxyl groups excluding tert-OH is 2. The summed E-state index contributed by atoms with van der Waals surface area (Å²) in [6.07, 6.45) is 2.71. The van der Waals surface area contributed by atoms with Crippen LogP contribution in [-0.4, -0.2) is 57.7 Å². The molecule has 0 spiro atoms. The third kappa shape index (κ3) is 3.87. The highest BCUT2D eigenvalue weighted by Gasteiger charge is 2.41. The summed E-state index contributed by atoms with van der Waals surface area (Å²) >= 11 is 5.36. The molecule has 2 aliphatic rings. The highest BCUT2D eigenvalue weighted by molar-refractivity contribution is 7.80. The van der Waals surface area contributed by atoms with E-state index in [0.29, 0.717) is 10.9 Å². The number of hydrogen-bond acceptors (Lipinski definition) is 4. The summed E-state index contributed by atoms with van der Waals surface area (Å²) in [5.74, 6) is 0.454. The molecule has 21 heavy (non-hydrogen) atoms.